The highest BCUT2D eigenvalue weighted by Gasteiger charge is 2.24. The second-order valence-electron chi connectivity index (χ2n) is 9.12. The number of methoxy groups -OCH3 is 1. The van der Waals surface area contributed by atoms with Gasteiger partial charge in [0.2, 0.25) is 0 Å². The van der Waals surface area contributed by atoms with Gasteiger partial charge in [-0.2, -0.15) is 0 Å². The highest BCUT2D eigenvalue weighted by atomic mass is 19.1. The van der Waals surface area contributed by atoms with Crippen LogP contribution in [0.5, 0.6) is 5.75 Å². The number of anilines is 1. The summed E-state index contributed by atoms with van der Waals surface area (Å²) >= 11 is 0. The van der Waals surface area contributed by atoms with Crippen molar-refractivity contribution >= 4 is 11.7 Å². The minimum absolute atomic E-state index is 0.157. The Balaban J connectivity index is 1.51. The Hall–Kier alpha value is -4.31. The van der Waals surface area contributed by atoms with Gasteiger partial charge in [-0.15, -0.1) is 10.2 Å². The van der Waals surface area contributed by atoms with Crippen LogP contribution in [0.15, 0.2) is 61.1 Å². The molecule has 0 aliphatic carbocycles. The van der Waals surface area contributed by atoms with Crippen LogP contribution in [0.3, 0.4) is 0 Å². The molecule has 38 heavy (non-hydrogen) atoms. The zero-order chi connectivity index (χ0) is 26.6. The maximum atomic E-state index is 13.6. The quantitative estimate of drug-likeness (QED) is 0.388. The first-order valence-electron chi connectivity index (χ1n) is 12.4. The van der Waals surface area contributed by atoms with Gasteiger partial charge >= 0.3 is 0 Å². The number of morpholine rings is 1. The number of nitrogens with zero attached hydrogens (tertiary/aromatic N) is 5. The maximum Gasteiger partial charge on any atom is 0.257 e. The molecular formula is C28H29FN6O3. The molecule has 10 heteroatoms. The zero-order valence-corrected chi connectivity index (χ0v) is 21.5. The minimum atomic E-state index is -0.308. The standard InChI is InChI=1S/C28H29FN6O3/c1-18-16-35(17-30-18)25-9-6-21(14-26(25)37-3)24-15-23(28(36)34-10-12-38-13-11-34)27(33-32-24)31-19(2)20-4-7-22(29)8-5-20/h4-9,14-17,19H,10-13H2,1-3H3,(H,31,33)/t19-/m0/s1. The summed E-state index contributed by atoms with van der Waals surface area (Å²) in [6.07, 6.45) is 3.65. The lowest BCUT2D eigenvalue weighted by Crippen LogP contribution is -2.41. The van der Waals surface area contributed by atoms with Crippen LogP contribution in [0.1, 0.15) is 34.6 Å². The maximum absolute atomic E-state index is 13.6. The Labute approximate surface area is 220 Å². The van der Waals surface area contributed by atoms with Gasteiger partial charge in [-0.05, 0) is 49.7 Å². The first kappa shape index (κ1) is 25.3. The Kier molecular flexibility index (Phi) is 7.32. The van der Waals surface area contributed by atoms with E-state index in [4.69, 9.17) is 9.47 Å². The SMILES string of the molecule is COc1cc(-c2cc(C(=O)N3CCOCC3)c(N[C@@H](C)c3ccc(F)cc3)nn2)ccc1-n1cnc(C)c1. The number of hydrogen-bond donors (Lipinski definition) is 1. The fraction of sp³-hybridized carbons (Fsp3) is 0.286. The molecule has 1 atom stereocenters. The predicted molar refractivity (Wildman–Crippen MR) is 141 cm³/mol. The largest absolute Gasteiger partial charge is 0.495 e. The summed E-state index contributed by atoms with van der Waals surface area (Å²) in [5.74, 6) is 0.531. The lowest BCUT2D eigenvalue weighted by atomic mass is 10.1. The van der Waals surface area contributed by atoms with Crippen LogP contribution in [-0.2, 0) is 4.74 Å². The number of halogens is 1. The molecule has 0 spiro atoms. The third-order valence-electron chi connectivity index (χ3n) is 6.51. The van der Waals surface area contributed by atoms with Crippen LogP contribution in [0.4, 0.5) is 10.2 Å². The van der Waals surface area contributed by atoms with Crippen LogP contribution in [-0.4, -0.2) is 64.0 Å². The smallest absolute Gasteiger partial charge is 0.257 e. The molecule has 1 aliphatic rings. The first-order chi connectivity index (χ1) is 18.4. The summed E-state index contributed by atoms with van der Waals surface area (Å²) < 4.78 is 26.4. The second kappa shape index (κ2) is 11.0. The molecule has 2 aromatic carbocycles. The van der Waals surface area contributed by atoms with Crippen LogP contribution >= 0.6 is 0 Å². The van der Waals surface area contributed by atoms with E-state index in [9.17, 15) is 9.18 Å². The van der Waals surface area contributed by atoms with E-state index in [1.165, 1.54) is 12.1 Å². The molecule has 1 aliphatic heterocycles. The van der Waals surface area contributed by atoms with Gasteiger partial charge in [0.05, 0.1) is 55.3 Å². The molecular weight excluding hydrogens is 487 g/mol. The summed E-state index contributed by atoms with van der Waals surface area (Å²) in [5.41, 5.74) is 4.28. The molecule has 0 radical (unpaired) electrons. The molecule has 1 N–H and O–H groups in total. The average molecular weight is 517 g/mol. The van der Waals surface area contributed by atoms with Gasteiger partial charge in [-0.25, -0.2) is 9.37 Å². The van der Waals surface area contributed by atoms with Crippen molar-refractivity contribution in [2.75, 3.05) is 38.7 Å². The van der Waals surface area contributed by atoms with Crippen molar-refractivity contribution in [2.45, 2.75) is 19.9 Å². The molecule has 5 rings (SSSR count). The number of aromatic nitrogens is 4. The number of carbonyl (C=O) groups excluding carboxylic acids is 1. The summed E-state index contributed by atoms with van der Waals surface area (Å²) in [6.45, 7) is 5.81. The molecule has 0 unspecified atom stereocenters. The van der Waals surface area contributed by atoms with Crippen molar-refractivity contribution < 1.29 is 18.7 Å². The number of benzene rings is 2. The third kappa shape index (κ3) is 5.35. The van der Waals surface area contributed by atoms with Crippen molar-refractivity contribution in [1.29, 1.82) is 0 Å². The fourth-order valence-corrected chi connectivity index (χ4v) is 4.38. The van der Waals surface area contributed by atoms with E-state index >= 15 is 0 Å². The van der Waals surface area contributed by atoms with Crippen molar-refractivity contribution in [3.63, 3.8) is 0 Å². The Bertz CT molecular complexity index is 1430. The molecule has 1 fully saturated rings. The molecule has 1 saturated heterocycles. The van der Waals surface area contributed by atoms with Gasteiger partial charge in [-0.3, -0.25) is 4.79 Å². The van der Waals surface area contributed by atoms with E-state index in [0.29, 0.717) is 49.1 Å². The number of amides is 1. The van der Waals surface area contributed by atoms with Crippen LogP contribution in [0.25, 0.3) is 16.9 Å². The molecule has 2 aromatic heterocycles. The summed E-state index contributed by atoms with van der Waals surface area (Å²) in [6, 6.07) is 13.4. The second-order valence-corrected chi connectivity index (χ2v) is 9.12. The van der Waals surface area contributed by atoms with E-state index in [2.05, 4.69) is 20.5 Å². The molecule has 4 aromatic rings. The predicted octanol–water partition coefficient (Wildman–Crippen LogP) is 4.43. The van der Waals surface area contributed by atoms with Crippen molar-refractivity contribution in [2.24, 2.45) is 0 Å². The average Bonchev–Trinajstić information content (AvgIpc) is 3.39. The highest BCUT2D eigenvalue weighted by molar-refractivity contribution is 5.99. The normalized spacial score (nSPS) is 14.3. The van der Waals surface area contributed by atoms with Crippen LogP contribution in [0.2, 0.25) is 0 Å². The van der Waals surface area contributed by atoms with Gasteiger partial charge in [0.25, 0.3) is 5.91 Å². The van der Waals surface area contributed by atoms with Gasteiger partial charge in [0.15, 0.2) is 5.82 Å². The summed E-state index contributed by atoms with van der Waals surface area (Å²) in [7, 11) is 1.61. The topological polar surface area (TPSA) is 94.4 Å². The summed E-state index contributed by atoms with van der Waals surface area (Å²) in [5, 5.41) is 12.2. The fourth-order valence-electron chi connectivity index (χ4n) is 4.38. The monoisotopic (exact) mass is 516 g/mol. The minimum Gasteiger partial charge on any atom is -0.495 e. The summed E-state index contributed by atoms with van der Waals surface area (Å²) in [4.78, 5) is 19.7. The number of nitrogens with one attached hydrogen (secondary N) is 1. The van der Waals surface area contributed by atoms with Crippen LogP contribution < -0.4 is 10.1 Å². The molecule has 0 saturated carbocycles. The van der Waals surface area contributed by atoms with Gasteiger partial charge < -0.3 is 24.3 Å². The molecule has 196 valence electrons. The molecule has 3 heterocycles. The molecule has 9 nitrogen and oxygen atoms in total. The van der Waals surface area contributed by atoms with Crippen molar-refractivity contribution in [3.05, 3.63) is 83.7 Å². The lowest BCUT2D eigenvalue weighted by Gasteiger charge is -2.28. The number of aryl methyl sites for hydroxylation is 1. The van der Waals surface area contributed by atoms with E-state index in [-0.39, 0.29) is 17.8 Å². The van der Waals surface area contributed by atoms with E-state index in [1.807, 2.05) is 42.8 Å². The first-order valence-corrected chi connectivity index (χ1v) is 12.4. The number of rotatable bonds is 7. The molecule has 1 amide bonds. The number of hydrogen-bond acceptors (Lipinski definition) is 7. The lowest BCUT2D eigenvalue weighted by molar-refractivity contribution is 0.0303. The number of imidazole rings is 1. The Morgan fingerprint density at radius 1 is 1.11 bits per heavy atom. The highest BCUT2D eigenvalue weighted by Crippen LogP contribution is 2.31. The third-order valence-corrected chi connectivity index (χ3v) is 6.51. The van der Waals surface area contributed by atoms with Gasteiger partial charge in [-0.1, -0.05) is 18.2 Å². The molecule has 0 bridgehead atoms. The number of ether oxygens (including phenoxy) is 2. The van der Waals surface area contributed by atoms with Gasteiger partial charge in [0.1, 0.15) is 11.6 Å². The van der Waals surface area contributed by atoms with Gasteiger partial charge in [0, 0.05) is 24.8 Å². The van der Waals surface area contributed by atoms with E-state index in [0.717, 1.165) is 22.5 Å². The van der Waals surface area contributed by atoms with Crippen molar-refractivity contribution in [3.8, 4) is 22.7 Å². The Morgan fingerprint density at radius 3 is 2.55 bits per heavy atom. The van der Waals surface area contributed by atoms with E-state index in [1.54, 1.807) is 36.5 Å². The van der Waals surface area contributed by atoms with Crippen LogP contribution in [0, 0.1) is 12.7 Å². The Morgan fingerprint density at radius 2 is 1.87 bits per heavy atom. The number of carbonyl (C=O) groups is 1. The van der Waals surface area contributed by atoms with E-state index < -0.39 is 0 Å². The van der Waals surface area contributed by atoms with Crippen molar-refractivity contribution in [1.82, 2.24) is 24.6 Å². The zero-order valence-electron chi connectivity index (χ0n) is 21.5.